The predicted molar refractivity (Wildman–Crippen MR) is 125 cm³/mol. The fourth-order valence-corrected chi connectivity index (χ4v) is 4.84. The summed E-state index contributed by atoms with van der Waals surface area (Å²) in [5, 5.41) is 14.9. The second-order valence-corrected chi connectivity index (χ2v) is 9.39. The summed E-state index contributed by atoms with van der Waals surface area (Å²) in [6.45, 7) is 1.65. The van der Waals surface area contributed by atoms with Crippen molar-refractivity contribution >= 4 is 29.1 Å². The van der Waals surface area contributed by atoms with Crippen molar-refractivity contribution in [3.8, 4) is 11.5 Å². The molecule has 2 saturated heterocycles. The second-order valence-electron chi connectivity index (χ2n) is 8.52. The molecule has 1 aliphatic carbocycles. The molecule has 2 heterocycles. The van der Waals surface area contributed by atoms with E-state index in [-0.39, 0.29) is 25.2 Å². The molecule has 1 saturated carbocycles. The fraction of sp³-hybridized carbons (Fsp3) is 0.458. The first-order chi connectivity index (χ1) is 15.5. The zero-order valence-corrected chi connectivity index (χ0v) is 19.3. The number of nitrogens with zero attached hydrogens (tertiary/aromatic N) is 1. The van der Waals surface area contributed by atoms with E-state index in [9.17, 15) is 9.90 Å². The Morgan fingerprint density at radius 2 is 1.66 bits per heavy atom. The van der Waals surface area contributed by atoms with E-state index in [0.29, 0.717) is 40.0 Å². The molecular formula is C24H28Cl2N2O4. The lowest BCUT2D eigenvalue weighted by Crippen LogP contribution is -2.60. The van der Waals surface area contributed by atoms with Crippen molar-refractivity contribution in [1.29, 1.82) is 0 Å². The molecule has 172 valence electrons. The third-order valence-corrected chi connectivity index (χ3v) is 6.69. The van der Waals surface area contributed by atoms with E-state index in [0.717, 1.165) is 25.8 Å². The van der Waals surface area contributed by atoms with Crippen molar-refractivity contribution in [3.63, 3.8) is 0 Å². The lowest BCUT2D eigenvalue weighted by molar-refractivity contribution is -0.125. The summed E-state index contributed by atoms with van der Waals surface area (Å²) in [6, 6.07) is 14.6. The number of piperidine rings is 2. The molecule has 6 nitrogen and oxygen atoms in total. The summed E-state index contributed by atoms with van der Waals surface area (Å²) in [4.78, 5) is 14.7. The van der Waals surface area contributed by atoms with E-state index in [4.69, 9.17) is 32.7 Å². The Morgan fingerprint density at radius 3 is 2.25 bits per heavy atom. The fourth-order valence-electron chi connectivity index (χ4n) is 4.59. The molecule has 1 amide bonds. The van der Waals surface area contributed by atoms with Crippen molar-refractivity contribution < 1.29 is 19.4 Å². The number of halogens is 2. The van der Waals surface area contributed by atoms with Crippen LogP contribution in [0.3, 0.4) is 0 Å². The Hall–Kier alpha value is -1.99. The zero-order chi connectivity index (χ0) is 22.5. The number of aliphatic hydroxyl groups is 1. The SMILES string of the molecule is O=C(COc1ccc(Cl)cc1)NC1CC2CCC1CN2C[C@H](O)COc1ccc(Cl)cc1. The minimum Gasteiger partial charge on any atom is -0.491 e. The zero-order valence-electron chi connectivity index (χ0n) is 17.8. The minimum atomic E-state index is -0.578. The van der Waals surface area contributed by atoms with Crippen LogP contribution in [0, 0.1) is 5.92 Å². The number of aliphatic hydroxyl groups excluding tert-OH is 1. The molecular weight excluding hydrogens is 451 g/mol. The van der Waals surface area contributed by atoms with Crippen LogP contribution in [0.4, 0.5) is 0 Å². The van der Waals surface area contributed by atoms with E-state index >= 15 is 0 Å². The number of rotatable bonds is 9. The van der Waals surface area contributed by atoms with Gasteiger partial charge in [-0.3, -0.25) is 9.69 Å². The Balaban J connectivity index is 1.20. The number of carbonyl (C=O) groups is 1. The molecule has 2 aromatic rings. The molecule has 0 aromatic heterocycles. The molecule has 5 rings (SSSR count). The van der Waals surface area contributed by atoms with E-state index in [2.05, 4.69) is 10.2 Å². The molecule has 8 heteroatoms. The van der Waals surface area contributed by atoms with Gasteiger partial charge in [0.2, 0.25) is 0 Å². The minimum absolute atomic E-state index is 0.0139. The van der Waals surface area contributed by atoms with Crippen LogP contribution in [0.15, 0.2) is 48.5 Å². The highest BCUT2D eigenvalue weighted by molar-refractivity contribution is 6.30. The van der Waals surface area contributed by atoms with Crippen molar-refractivity contribution in [3.05, 3.63) is 58.6 Å². The van der Waals surface area contributed by atoms with Crippen LogP contribution in [-0.4, -0.2) is 60.4 Å². The first kappa shape index (κ1) is 23.2. The van der Waals surface area contributed by atoms with E-state index in [1.165, 1.54) is 0 Å². The van der Waals surface area contributed by atoms with Gasteiger partial charge in [0.15, 0.2) is 6.61 Å². The molecule has 32 heavy (non-hydrogen) atoms. The van der Waals surface area contributed by atoms with Gasteiger partial charge in [-0.25, -0.2) is 0 Å². The summed E-state index contributed by atoms with van der Waals surface area (Å²) >= 11 is 11.8. The monoisotopic (exact) mass is 478 g/mol. The molecule has 3 fully saturated rings. The van der Waals surface area contributed by atoms with Crippen molar-refractivity contribution in [1.82, 2.24) is 10.2 Å². The van der Waals surface area contributed by atoms with Gasteiger partial charge >= 0.3 is 0 Å². The average molecular weight is 479 g/mol. The number of hydrogen-bond donors (Lipinski definition) is 2. The summed E-state index contributed by atoms with van der Waals surface area (Å²) in [7, 11) is 0. The Labute approximate surface area is 198 Å². The van der Waals surface area contributed by atoms with Crippen LogP contribution < -0.4 is 14.8 Å². The van der Waals surface area contributed by atoms with E-state index in [1.54, 1.807) is 48.5 Å². The molecule has 3 unspecified atom stereocenters. The third-order valence-electron chi connectivity index (χ3n) is 6.18. The van der Waals surface area contributed by atoms with E-state index in [1.807, 2.05) is 0 Å². The summed E-state index contributed by atoms with van der Waals surface area (Å²) < 4.78 is 11.2. The van der Waals surface area contributed by atoms with Gasteiger partial charge in [0.1, 0.15) is 24.2 Å². The third kappa shape index (κ3) is 6.29. The number of hydrogen-bond acceptors (Lipinski definition) is 5. The molecule has 4 atom stereocenters. The highest BCUT2D eigenvalue weighted by Crippen LogP contribution is 2.35. The number of carbonyl (C=O) groups excluding carboxylic acids is 1. The topological polar surface area (TPSA) is 71.0 Å². The molecule has 2 aliphatic heterocycles. The Kier molecular flexibility index (Phi) is 7.79. The van der Waals surface area contributed by atoms with Crippen molar-refractivity contribution in [2.24, 2.45) is 5.92 Å². The smallest absolute Gasteiger partial charge is 0.258 e. The molecule has 2 bridgehead atoms. The summed E-state index contributed by atoms with van der Waals surface area (Å²) in [6.07, 6.45) is 2.48. The second kappa shape index (κ2) is 10.8. The van der Waals surface area contributed by atoms with Gasteiger partial charge in [0.05, 0.1) is 0 Å². The highest BCUT2D eigenvalue weighted by Gasteiger charge is 2.41. The van der Waals surface area contributed by atoms with Gasteiger partial charge in [-0.2, -0.15) is 0 Å². The van der Waals surface area contributed by atoms with Gasteiger partial charge in [0.25, 0.3) is 5.91 Å². The number of fused-ring (bicyclic) bond motifs is 3. The lowest BCUT2D eigenvalue weighted by atomic mass is 9.76. The van der Waals surface area contributed by atoms with Gasteiger partial charge in [-0.1, -0.05) is 23.2 Å². The van der Waals surface area contributed by atoms with Crippen molar-refractivity contribution in [2.75, 3.05) is 26.3 Å². The van der Waals surface area contributed by atoms with Crippen LogP contribution in [0.1, 0.15) is 19.3 Å². The largest absolute Gasteiger partial charge is 0.491 e. The van der Waals surface area contributed by atoms with Crippen molar-refractivity contribution in [2.45, 2.75) is 37.5 Å². The quantitative estimate of drug-likeness (QED) is 0.573. The number of ether oxygens (including phenoxy) is 2. The number of nitrogens with one attached hydrogen (secondary N) is 1. The van der Waals surface area contributed by atoms with Crippen LogP contribution in [0.25, 0.3) is 0 Å². The van der Waals surface area contributed by atoms with Gasteiger partial charge in [-0.15, -0.1) is 0 Å². The van der Waals surface area contributed by atoms with Crippen LogP contribution in [-0.2, 0) is 4.79 Å². The first-order valence-electron chi connectivity index (χ1n) is 10.9. The highest BCUT2D eigenvalue weighted by atomic mass is 35.5. The number of amides is 1. The Bertz CT molecular complexity index is 894. The number of benzene rings is 2. The van der Waals surface area contributed by atoms with Gasteiger partial charge < -0.3 is 19.9 Å². The van der Waals surface area contributed by atoms with E-state index < -0.39 is 6.10 Å². The maximum atomic E-state index is 12.4. The predicted octanol–water partition coefficient (Wildman–Crippen LogP) is 3.78. The molecule has 2 aromatic carbocycles. The molecule has 0 spiro atoms. The van der Waals surface area contributed by atoms with Crippen LogP contribution >= 0.6 is 23.2 Å². The first-order valence-corrected chi connectivity index (χ1v) is 11.7. The van der Waals surface area contributed by atoms with Gasteiger partial charge in [-0.05, 0) is 73.7 Å². The van der Waals surface area contributed by atoms with Crippen LogP contribution in [0.2, 0.25) is 10.0 Å². The molecule has 2 N–H and O–H groups in total. The molecule has 0 radical (unpaired) electrons. The summed E-state index contributed by atoms with van der Waals surface area (Å²) in [5.74, 6) is 1.58. The Morgan fingerprint density at radius 1 is 1.03 bits per heavy atom. The maximum Gasteiger partial charge on any atom is 0.258 e. The normalized spacial score (nSPS) is 23.5. The van der Waals surface area contributed by atoms with Gasteiger partial charge in [0, 0.05) is 35.2 Å². The summed E-state index contributed by atoms with van der Waals surface area (Å²) in [5.41, 5.74) is 0. The standard InChI is InChI=1S/C24H28Cl2N2O4/c25-17-2-7-21(8-3-17)31-14-20(29)13-28-12-16-1-6-19(28)11-23(16)27-24(30)15-32-22-9-4-18(26)5-10-22/h2-5,7-10,16,19-20,23,29H,1,6,11-15H2,(H,27,30)/t16?,19?,20-,23?/m0/s1. The molecule has 3 aliphatic rings. The lowest BCUT2D eigenvalue weighted by Gasteiger charge is -2.50. The average Bonchev–Trinajstić information content (AvgIpc) is 2.79. The van der Waals surface area contributed by atoms with Crippen LogP contribution in [0.5, 0.6) is 11.5 Å². The maximum absolute atomic E-state index is 12.4.